The van der Waals surface area contributed by atoms with Crippen LogP contribution in [-0.2, 0) is 14.3 Å². The first-order valence-electron chi connectivity index (χ1n) is 7.16. The molecule has 0 aromatic heterocycles. The van der Waals surface area contributed by atoms with Gasteiger partial charge in [0.25, 0.3) is 0 Å². The molecular weight excluding hydrogens is 264 g/mol. The van der Waals surface area contributed by atoms with E-state index < -0.39 is 5.97 Å². The first-order valence-corrected chi connectivity index (χ1v) is 7.16. The molecule has 0 fully saturated rings. The van der Waals surface area contributed by atoms with E-state index >= 15 is 0 Å². The van der Waals surface area contributed by atoms with Crippen molar-refractivity contribution in [3.05, 3.63) is 60.4 Å². The van der Waals surface area contributed by atoms with Gasteiger partial charge in [-0.05, 0) is 31.9 Å². The van der Waals surface area contributed by atoms with Crippen molar-refractivity contribution in [3.8, 4) is 0 Å². The molecule has 0 N–H and O–H groups in total. The Hall–Kier alpha value is -2.16. The second kappa shape index (κ2) is 12.9. The summed E-state index contributed by atoms with van der Waals surface area (Å²) in [5, 5.41) is 0. The fraction of sp³-hybridized carbons (Fsp3) is 0.333. The van der Waals surface area contributed by atoms with Gasteiger partial charge in [0.15, 0.2) is 0 Å². The van der Waals surface area contributed by atoms with Gasteiger partial charge < -0.3 is 4.74 Å². The minimum absolute atomic E-state index is 0.212. The van der Waals surface area contributed by atoms with Crippen LogP contribution in [0.5, 0.6) is 0 Å². The van der Waals surface area contributed by atoms with Crippen LogP contribution in [-0.4, -0.2) is 11.8 Å². The van der Waals surface area contributed by atoms with Crippen molar-refractivity contribution in [2.24, 2.45) is 0 Å². The Morgan fingerprint density at radius 3 is 2.10 bits per heavy atom. The average molecular weight is 288 g/mol. The van der Waals surface area contributed by atoms with Crippen LogP contribution in [0.1, 0.15) is 40.0 Å². The molecule has 0 spiro atoms. The number of hydrogen-bond acceptors (Lipinski definition) is 3. The molecule has 0 amide bonds. The average Bonchev–Trinajstić information content (AvgIpc) is 2.42. The standard InChI is InChI=1S/C18H24O3/c1-4-6-8-10-12-14-17(13-11-9-7-5-2)21-18(20)15-16(3)19/h6-14H,4-5,15H2,1-3H3. The highest BCUT2D eigenvalue weighted by molar-refractivity contribution is 5.94. The quantitative estimate of drug-likeness (QED) is 0.273. The molecule has 0 unspecified atom stereocenters. The molecule has 0 aliphatic rings. The number of Topliss-reactive ketones (excluding diaryl/α,β-unsaturated/α-hetero) is 1. The van der Waals surface area contributed by atoms with Gasteiger partial charge in [-0.15, -0.1) is 0 Å². The molecule has 0 atom stereocenters. The van der Waals surface area contributed by atoms with Crippen molar-refractivity contribution in [1.82, 2.24) is 0 Å². The number of hydrogen-bond donors (Lipinski definition) is 0. The van der Waals surface area contributed by atoms with Crippen LogP contribution in [0.3, 0.4) is 0 Å². The Kier molecular flexibility index (Phi) is 11.5. The first kappa shape index (κ1) is 18.8. The van der Waals surface area contributed by atoms with Crippen molar-refractivity contribution in [2.75, 3.05) is 0 Å². The van der Waals surface area contributed by atoms with Crippen LogP contribution in [0.15, 0.2) is 60.4 Å². The summed E-state index contributed by atoms with van der Waals surface area (Å²) in [5.74, 6) is -0.353. The van der Waals surface area contributed by atoms with Gasteiger partial charge >= 0.3 is 5.97 Å². The lowest BCUT2D eigenvalue weighted by Crippen LogP contribution is -2.07. The van der Waals surface area contributed by atoms with Gasteiger partial charge in [-0.3, -0.25) is 9.59 Å². The van der Waals surface area contributed by atoms with E-state index in [1.807, 2.05) is 37.3 Å². The lowest BCUT2D eigenvalue weighted by Gasteiger charge is -2.02. The van der Waals surface area contributed by atoms with E-state index in [0.29, 0.717) is 5.76 Å². The molecule has 0 aromatic carbocycles. The summed E-state index contributed by atoms with van der Waals surface area (Å²) in [6.45, 7) is 5.45. The highest BCUT2D eigenvalue weighted by atomic mass is 16.5. The van der Waals surface area contributed by atoms with Gasteiger partial charge in [-0.2, -0.15) is 0 Å². The van der Waals surface area contributed by atoms with Crippen molar-refractivity contribution in [3.63, 3.8) is 0 Å². The van der Waals surface area contributed by atoms with Gasteiger partial charge in [0.2, 0.25) is 0 Å². The zero-order chi connectivity index (χ0) is 15.9. The first-order chi connectivity index (χ1) is 10.1. The third-order valence-electron chi connectivity index (χ3n) is 2.22. The molecule has 0 saturated heterocycles. The lowest BCUT2D eigenvalue weighted by molar-refractivity contribution is -0.141. The smallest absolute Gasteiger partial charge is 0.318 e. The summed E-state index contributed by atoms with van der Waals surface area (Å²) >= 11 is 0. The lowest BCUT2D eigenvalue weighted by atomic mass is 10.3. The molecule has 0 rings (SSSR count). The van der Waals surface area contributed by atoms with E-state index in [9.17, 15) is 9.59 Å². The molecule has 0 bridgehead atoms. The summed E-state index contributed by atoms with van der Waals surface area (Å²) in [6, 6.07) is 0. The summed E-state index contributed by atoms with van der Waals surface area (Å²) in [7, 11) is 0. The minimum atomic E-state index is -0.546. The van der Waals surface area contributed by atoms with Gasteiger partial charge in [0.05, 0.1) is 0 Å². The number of esters is 1. The van der Waals surface area contributed by atoms with E-state index in [4.69, 9.17) is 4.74 Å². The number of allylic oxidation sites excluding steroid dienone is 9. The van der Waals surface area contributed by atoms with Gasteiger partial charge in [-0.1, -0.05) is 56.4 Å². The van der Waals surface area contributed by atoms with Crippen LogP contribution in [0.2, 0.25) is 0 Å². The van der Waals surface area contributed by atoms with E-state index in [1.165, 1.54) is 6.92 Å². The van der Waals surface area contributed by atoms with Crippen molar-refractivity contribution in [1.29, 1.82) is 0 Å². The Bertz CT molecular complexity index is 463. The van der Waals surface area contributed by atoms with Crippen LogP contribution in [0, 0.1) is 0 Å². The number of ketones is 1. The topological polar surface area (TPSA) is 43.4 Å². The molecule has 114 valence electrons. The molecular formula is C18H24O3. The number of carbonyl (C=O) groups is 2. The van der Waals surface area contributed by atoms with E-state index in [2.05, 4.69) is 6.92 Å². The summed E-state index contributed by atoms with van der Waals surface area (Å²) < 4.78 is 5.15. The number of ether oxygens (including phenoxy) is 1. The molecule has 21 heavy (non-hydrogen) atoms. The monoisotopic (exact) mass is 288 g/mol. The maximum Gasteiger partial charge on any atom is 0.318 e. The van der Waals surface area contributed by atoms with E-state index in [-0.39, 0.29) is 12.2 Å². The Morgan fingerprint density at radius 1 is 0.905 bits per heavy atom. The Labute approximate surface area is 127 Å². The molecule has 0 aliphatic heterocycles. The van der Waals surface area contributed by atoms with Crippen molar-refractivity contribution >= 4 is 11.8 Å². The van der Waals surface area contributed by atoms with Crippen molar-refractivity contribution < 1.29 is 14.3 Å². The molecule has 0 heterocycles. The molecule has 0 aliphatic carbocycles. The number of carbonyl (C=O) groups excluding carboxylic acids is 2. The van der Waals surface area contributed by atoms with E-state index in [0.717, 1.165) is 12.8 Å². The molecule has 0 aromatic rings. The fourth-order valence-electron chi connectivity index (χ4n) is 1.29. The molecule has 0 saturated carbocycles. The second-order valence-electron chi connectivity index (χ2n) is 4.34. The Morgan fingerprint density at radius 2 is 1.52 bits per heavy atom. The largest absolute Gasteiger partial charge is 0.426 e. The third-order valence-corrected chi connectivity index (χ3v) is 2.22. The zero-order valence-electron chi connectivity index (χ0n) is 13.0. The maximum atomic E-state index is 11.5. The normalized spacial score (nSPS) is 13.0. The SMILES string of the molecule is CCC=CC=CC=C(C=CC=CCC)OC(=O)CC(C)=O. The van der Waals surface area contributed by atoms with Gasteiger partial charge in [0.1, 0.15) is 18.0 Å². The van der Waals surface area contributed by atoms with Crippen LogP contribution >= 0.6 is 0 Å². The number of rotatable bonds is 9. The molecule has 3 nitrogen and oxygen atoms in total. The third kappa shape index (κ3) is 12.6. The van der Waals surface area contributed by atoms with E-state index in [1.54, 1.807) is 24.3 Å². The second-order valence-corrected chi connectivity index (χ2v) is 4.34. The van der Waals surface area contributed by atoms with Crippen LogP contribution < -0.4 is 0 Å². The van der Waals surface area contributed by atoms with Gasteiger partial charge in [0, 0.05) is 0 Å². The fourth-order valence-corrected chi connectivity index (χ4v) is 1.29. The summed E-state index contributed by atoms with van der Waals surface area (Å²) in [6.07, 6.45) is 18.3. The Balaban J connectivity index is 4.78. The summed E-state index contributed by atoms with van der Waals surface area (Å²) in [4.78, 5) is 22.4. The van der Waals surface area contributed by atoms with Crippen molar-refractivity contribution in [2.45, 2.75) is 40.0 Å². The predicted octanol–water partition coefficient (Wildman–Crippen LogP) is 4.44. The highest BCUT2D eigenvalue weighted by Gasteiger charge is 2.07. The zero-order valence-corrected chi connectivity index (χ0v) is 13.0. The molecule has 0 radical (unpaired) electrons. The minimum Gasteiger partial charge on any atom is -0.426 e. The summed E-state index contributed by atoms with van der Waals surface area (Å²) in [5.41, 5.74) is 0. The highest BCUT2D eigenvalue weighted by Crippen LogP contribution is 2.04. The van der Waals surface area contributed by atoms with Gasteiger partial charge in [-0.25, -0.2) is 0 Å². The molecule has 3 heteroatoms. The van der Waals surface area contributed by atoms with Crippen LogP contribution in [0.4, 0.5) is 0 Å². The maximum absolute atomic E-state index is 11.5. The van der Waals surface area contributed by atoms with Crippen LogP contribution in [0.25, 0.3) is 0 Å². The predicted molar refractivity (Wildman–Crippen MR) is 86.6 cm³/mol.